The van der Waals surface area contributed by atoms with Gasteiger partial charge in [-0.3, -0.25) is 0 Å². The van der Waals surface area contributed by atoms with Crippen LogP contribution in [0.3, 0.4) is 0 Å². The summed E-state index contributed by atoms with van der Waals surface area (Å²) in [5.74, 6) is 0. The van der Waals surface area contributed by atoms with Crippen molar-refractivity contribution in [3.05, 3.63) is 22.4 Å². The Bertz CT molecular complexity index is 186. The molecule has 1 aromatic rings. The average molecular weight is 171 g/mol. The molecule has 0 radical (unpaired) electrons. The fourth-order valence-electron chi connectivity index (χ4n) is 0.979. The topological polar surface area (TPSA) is 46.2 Å². The fourth-order valence-corrected chi connectivity index (χ4v) is 1.66. The second kappa shape index (κ2) is 4.49. The van der Waals surface area contributed by atoms with Crippen LogP contribution in [0.2, 0.25) is 0 Å². The highest BCUT2D eigenvalue weighted by Gasteiger charge is 2.02. The minimum Gasteiger partial charge on any atom is -0.396 e. The van der Waals surface area contributed by atoms with Crippen LogP contribution in [0.5, 0.6) is 0 Å². The van der Waals surface area contributed by atoms with Gasteiger partial charge in [0, 0.05) is 12.6 Å². The van der Waals surface area contributed by atoms with Crippen molar-refractivity contribution in [2.24, 2.45) is 5.73 Å². The number of aliphatic hydroxyl groups excluding tert-OH is 1. The molecule has 1 heterocycles. The predicted molar refractivity (Wildman–Crippen MR) is 47.7 cm³/mol. The smallest absolute Gasteiger partial charge is 0.0445 e. The predicted octanol–water partition coefficient (Wildman–Crippen LogP) is 1.00. The third-order valence-corrected chi connectivity index (χ3v) is 2.31. The molecular formula is C8H13NOS. The molecule has 0 aliphatic rings. The van der Waals surface area contributed by atoms with E-state index in [-0.39, 0.29) is 12.6 Å². The van der Waals surface area contributed by atoms with Crippen molar-refractivity contribution in [2.45, 2.75) is 18.9 Å². The molecule has 0 saturated carbocycles. The van der Waals surface area contributed by atoms with E-state index in [2.05, 4.69) is 11.4 Å². The van der Waals surface area contributed by atoms with Gasteiger partial charge in [0.05, 0.1) is 0 Å². The summed E-state index contributed by atoms with van der Waals surface area (Å²) in [5.41, 5.74) is 6.99. The zero-order valence-electron chi connectivity index (χ0n) is 6.36. The molecule has 1 rings (SSSR count). The molecule has 0 aromatic carbocycles. The van der Waals surface area contributed by atoms with E-state index in [1.54, 1.807) is 11.3 Å². The first-order chi connectivity index (χ1) is 5.33. The van der Waals surface area contributed by atoms with E-state index >= 15 is 0 Å². The van der Waals surface area contributed by atoms with Crippen molar-refractivity contribution in [1.29, 1.82) is 0 Å². The van der Waals surface area contributed by atoms with Crippen LogP contribution in [0.1, 0.15) is 12.0 Å². The minimum absolute atomic E-state index is 0.106. The lowest BCUT2D eigenvalue weighted by Crippen LogP contribution is -2.23. The van der Waals surface area contributed by atoms with E-state index < -0.39 is 0 Å². The average Bonchev–Trinajstić information content (AvgIpc) is 2.40. The van der Waals surface area contributed by atoms with Gasteiger partial charge in [-0.25, -0.2) is 0 Å². The van der Waals surface area contributed by atoms with Gasteiger partial charge in [-0.15, -0.1) is 0 Å². The third-order valence-electron chi connectivity index (χ3n) is 1.58. The Labute approximate surface area is 70.7 Å². The van der Waals surface area contributed by atoms with Crippen LogP contribution >= 0.6 is 11.3 Å². The second-order valence-corrected chi connectivity index (χ2v) is 3.39. The molecule has 2 nitrogen and oxygen atoms in total. The van der Waals surface area contributed by atoms with Crippen molar-refractivity contribution < 1.29 is 5.11 Å². The normalized spacial score (nSPS) is 13.3. The van der Waals surface area contributed by atoms with Gasteiger partial charge in [0.15, 0.2) is 0 Å². The molecule has 1 aromatic heterocycles. The van der Waals surface area contributed by atoms with Gasteiger partial charge in [-0.05, 0) is 35.2 Å². The zero-order valence-corrected chi connectivity index (χ0v) is 7.18. The molecule has 3 heteroatoms. The summed E-state index contributed by atoms with van der Waals surface area (Å²) in [4.78, 5) is 0. The molecule has 1 atom stereocenters. The van der Waals surface area contributed by atoms with Gasteiger partial charge in [-0.1, -0.05) is 0 Å². The highest BCUT2D eigenvalue weighted by Crippen LogP contribution is 2.08. The highest BCUT2D eigenvalue weighted by atomic mass is 32.1. The van der Waals surface area contributed by atoms with Gasteiger partial charge in [0.1, 0.15) is 0 Å². The molecule has 62 valence electrons. The van der Waals surface area contributed by atoms with Crippen LogP contribution in [0, 0.1) is 0 Å². The van der Waals surface area contributed by atoms with E-state index in [1.807, 2.05) is 5.38 Å². The first-order valence-electron chi connectivity index (χ1n) is 3.70. The molecular weight excluding hydrogens is 158 g/mol. The van der Waals surface area contributed by atoms with Gasteiger partial charge < -0.3 is 10.8 Å². The molecule has 0 fully saturated rings. The molecule has 0 saturated heterocycles. The molecule has 0 aliphatic carbocycles. The van der Waals surface area contributed by atoms with E-state index in [0.29, 0.717) is 6.42 Å². The lowest BCUT2D eigenvalue weighted by molar-refractivity contribution is 0.275. The summed E-state index contributed by atoms with van der Waals surface area (Å²) in [5, 5.41) is 12.7. The Morgan fingerprint density at radius 3 is 3.00 bits per heavy atom. The first-order valence-corrected chi connectivity index (χ1v) is 4.64. The summed E-state index contributed by atoms with van der Waals surface area (Å²) in [6, 6.07) is 2.18. The minimum atomic E-state index is 0.106. The van der Waals surface area contributed by atoms with Crippen LogP contribution < -0.4 is 5.73 Å². The molecule has 0 amide bonds. The first kappa shape index (κ1) is 8.71. The van der Waals surface area contributed by atoms with Crippen LogP contribution in [-0.2, 0) is 6.42 Å². The van der Waals surface area contributed by atoms with Crippen LogP contribution in [0.15, 0.2) is 16.8 Å². The number of hydrogen-bond acceptors (Lipinski definition) is 3. The van der Waals surface area contributed by atoms with E-state index in [0.717, 1.165) is 6.42 Å². The highest BCUT2D eigenvalue weighted by molar-refractivity contribution is 7.07. The monoisotopic (exact) mass is 171 g/mol. The van der Waals surface area contributed by atoms with Crippen molar-refractivity contribution in [2.75, 3.05) is 6.61 Å². The largest absolute Gasteiger partial charge is 0.396 e. The van der Waals surface area contributed by atoms with Crippen LogP contribution in [0.4, 0.5) is 0 Å². The standard InChI is InChI=1S/C8H13NOS/c9-8(1-3-10)5-7-2-4-11-6-7/h2,4,6,8,10H,1,3,5,9H2/t8-/m1/s1. The van der Waals surface area contributed by atoms with Crippen molar-refractivity contribution >= 4 is 11.3 Å². The van der Waals surface area contributed by atoms with Crippen LogP contribution in [-0.4, -0.2) is 17.8 Å². The van der Waals surface area contributed by atoms with Gasteiger partial charge in [-0.2, -0.15) is 11.3 Å². The lowest BCUT2D eigenvalue weighted by Gasteiger charge is -2.06. The number of hydrogen-bond donors (Lipinski definition) is 2. The Hall–Kier alpha value is -0.380. The number of thiophene rings is 1. The third kappa shape index (κ3) is 3.01. The summed E-state index contributed by atoms with van der Waals surface area (Å²) >= 11 is 1.68. The SMILES string of the molecule is N[C@H](CCO)Cc1ccsc1. The second-order valence-electron chi connectivity index (χ2n) is 2.61. The maximum atomic E-state index is 8.59. The Balaban J connectivity index is 2.31. The Morgan fingerprint density at radius 1 is 1.64 bits per heavy atom. The number of rotatable bonds is 4. The Morgan fingerprint density at radius 2 is 2.45 bits per heavy atom. The Kier molecular flexibility index (Phi) is 3.56. The van der Waals surface area contributed by atoms with Gasteiger partial charge >= 0.3 is 0 Å². The molecule has 0 unspecified atom stereocenters. The molecule has 3 N–H and O–H groups in total. The van der Waals surface area contributed by atoms with Crippen molar-refractivity contribution in [3.63, 3.8) is 0 Å². The summed E-state index contributed by atoms with van der Waals surface area (Å²) in [7, 11) is 0. The van der Waals surface area contributed by atoms with E-state index in [1.165, 1.54) is 5.56 Å². The van der Waals surface area contributed by atoms with Gasteiger partial charge in [0.25, 0.3) is 0 Å². The molecule has 0 spiro atoms. The zero-order chi connectivity index (χ0) is 8.10. The fraction of sp³-hybridized carbons (Fsp3) is 0.500. The van der Waals surface area contributed by atoms with E-state index in [4.69, 9.17) is 10.8 Å². The number of nitrogens with two attached hydrogens (primary N) is 1. The van der Waals surface area contributed by atoms with E-state index in [9.17, 15) is 0 Å². The van der Waals surface area contributed by atoms with Gasteiger partial charge in [0.2, 0.25) is 0 Å². The quantitative estimate of drug-likeness (QED) is 0.710. The summed E-state index contributed by atoms with van der Waals surface area (Å²) in [6.45, 7) is 0.186. The summed E-state index contributed by atoms with van der Waals surface area (Å²) in [6.07, 6.45) is 1.57. The maximum absolute atomic E-state index is 8.59. The maximum Gasteiger partial charge on any atom is 0.0445 e. The molecule has 0 bridgehead atoms. The summed E-state index contributed by atoms with van der Waals surface area (Å²) < 4.78 is 0. The lowest BCUT2D eigenvalue weighted by atomic mass is 10.1. The van der Waals surface area contributed by atoms with Crippen molar-refractivity contribution in [1.82, 2.24) is 0 Å². The molecule has 11 heavy (non-hydrogen) atoms. The number of aliphatic hydroxyl groups is 1. The van der Waals surface area contributed by atoms with Crippen LogP contribution in [0.25, 0.3) is 0 Å². The molecule has 0 aliphatic heterocycles. The van der Waals surface area contributed by atoms with Crippen molar-refractivity contribution in [3.8, 4) is 0 Å².